The molecule has 2 rings (SSSR count). The fourth-order valence-electron chi connectivity index (χ4n) is 3.46. The van der Waals surface area contributed by atoms with Gasteiger partial charge in [0.15, 0.2) is 0 Å². The fraction of sp³-hybridized carbons (Fsp3) is 0.611. The molecule has 1 atom stereocenters. The lowest BCUT2D eigenvalue weighted by Gasteiger charge is -2.38. The lowest BCUT2D eigenvalue weighted by molar-refractivity contribution is -0.137. The summed E-state index contributed by atoms with van der Waals surface area (Å²) in [6.45, 7) is 0.382. The van der Waals surface area contributed by atoms with Crippen LogP contribution in [0, 0.1) is 0 Å². The van der Waals surface area contributed by atoms with Gasteiger partial charge in [-0.1, -0.05) is 37.5 Å². The van der Waals surface area contributed by atoms with Gasteiger partial charge in [-0.15, -0.1) is 0 Å². The predicted octanol–water partition coefficient (Wildman–Crippen LogP) is 3.00. The molecule has 0 radical (unpaired) electrons. The minimum absolute atomic E-state index is 0.0996. The zero-order valence-corrected chi connectivity index (χ0v) is 14.4. The highest BCUT2D eigenvalue weighted by molar-refractivity contribution is 5.81. The molecule has 1 unspecified atom stereocenters. The van der Waals surface area contributed by atoms with Crippen LogP contribution in [0.25, 0.3) is 0 Å². The van der Waals surface area contributed by atoms with Crippen LogP contribution >= 0.6 is 0 Å². The van der Waals surface area contributed by atoms with Gasteiger partial charge in [-0.2, -0.15) is 13.2 Å². The van der Waals surface area contributed by atoms with E-state index in [1.807, 2.05) is 0 Å². The number of nitrogens with two attached hydrogens (primary N) is 1. The fourth-order valence-corrected chi connectivity index (χ4v) is 3.46. The maximum Gasteiger partial charge on any atom is 0.416 e. The van der Waals surface area contributed by atoms with E-state index < -0.39 is 23.2 Å². The average Bonchev–Trinajstić information content (AvgIpc) is 2.60. The molecule has 0 heterocycles. The summed E-state index contributed by atoms with van der Waals surface area (Å²) >= 11 is 0. The molecule has 0 aliphatic heterocycles. The van der Waals surface area contributed by atoms with Gasteiger partial charge in [0.1, 0.15) is 6.04 Å². The van der Waals surface area contributed by atoms with E-state index in [0.717, 1.165) is 38.2 Å². The third-order valence-electron chi connectivity index (χ3n) is 4.90. The van der Waals surface area contributed by atoms with Crippen LogP contribution in [-0.4, -0.2) is 32.2 Å². The first-order valence-electron chi connectivity index (χ1n) is 8.48. The highest BCUT2D eigenvalue weighted by Gasteiger charge is 2.37. The normalized spacial score (nSPS) is 18.6. The molecule has 1 fully saturated rings. The predicted molar refractivity (Wildman–Crippen MR) is 89.1 cm³/mol. The summed E-state index contributed by atoms with van der Waals surface area (Å²) < 4.78 is 44.1. The van der Waals surface area contributed by atoms with E-state index in [2.05, 4.69) is 5.32 Å². The number of hydrogen-bond acceptors (Lipinski definition) is 3. The van der Waals surface area contributed by atoms with Crippen LogP contribution < -0.4 is 11.1 Å². The number of carbonyl (C=O) groups excluding carboxylic acids is 1. The molecule has 0 bridgehead atoms. The summed E-state index contributed by atoms with van der Waals surface area (Å²) in [5, 5.41) is 2.81. The van der Waals surface area contributed by atoms with Crippen LogP contribution in [0.5, 0.6) is 0 Å². The summed E-state index contributed by atoms with van der Waals surface area (Å²) in [6, 6.07) is 4.67. The highest BCUT2D eigenvalue weighted by Crippen LogP contribution is 2.41. The van der Waals surface area contributed by atoms with Crippen molar-refractivity contribution in [3.05, 3.63) is 35.4 Å². The molecule has 1 aliphatic rings. The monoisotopic (exact) mass is 358 g/mol. The Kier molecular flexibility index (Phi) is 6.46. The summed E-state index contributed by atoms with van der Waals surface area (Å²) in [4.78, 5) is 12.1. The molecule has 0 spiro atoms. The second-order valence-corrected chi connectivity index (χ2v) is 6.70. The molecule has 1 amide bonds. The molecule has 25 heavy (non-hydrogen) atoms. The third kappa shape index (κ3) is 4.95. The Balaban J connectivity index is 2.22. The van der Waals surface area contributed by atoms with Crippen molar-refractivity contribution in [2.45, 2.75) is 49.7 Å². The summed E-state index contributed by atoms with van der Waals surface area (Å²) in [7, 11) is 1.46. The van der Waals surface area contributed by atoms with Crippen molar-refractivity contribution in [3.63, 3.8) is 0 Å². The van der Waals surface area contributed by atoms with Crippen LogP contribution in [0.4, 0.5) is 13.2 Å². The third-order valence-corrected chi connectivity index (χ3v) is 4.90. The SMILES string of the molecule is COCC(N)C(=O)NCC1(c2cccc(C(F)(F)F)c2)CCCCC1. The molecule has 0 aromatic heterocycles. The average molecular weight is 358 g/mol. The van der Waals surface area contributed by atoms with Crippen molar-refractivity contribution in [2.24, 2.45) is 5.73 Å². The Morgan fingerprint density at radius 1 is 1.32 bits per heavy atom. The molecule has 4 nitrogen and oxygen atoms in total. The molecule has 1 aromatic rings. The van der Waals surface area contributed by atoms with Crippen LogP contribution in [0.3, 0.4) is 0 Å². The molecule has 1 saturated carbocycles. The first kappa shape index (κ1) is 19.7. The number of methoxy groups -OCH3 is 1. The quantitative estimate of drug-likeness (QED) is 0.822. The highest BCUT2D eigenvalue weighted by atomic mass is 19.4. The van der Waals surface area contributed by atoms with Crippen molar-refractivity contribution in [2.75, 3.05) is 20.3 Å². The number of alkyl halides is 3. The van der Waals surface area contributed by atoms with Gasteiger partial charge < -0.3 is 15.8 Å². The lowest BCUT2D eigenvalue weighted by Crippen LogP contribution is -2.49. The second-order valence-electron chi connectivity index (χ2n) is 6.70. The number of rotatable bonds is 6. The minimum Gasteiger partial charge on any atom is -0.383 e. The number of ether oxygens (including phenoxy) is 1. The Morgan fingerprint density at radius 2 is 2.00 bits per heavy atom. The smallest absolute Gasteiger partial charge is 0.383 e. The van der Waals surface area contributed by atoms with Crippen LogP contribution in [0.1, 0.15) is 43.2 Å². The maximum absolute atomic E-state index is 13.1. The van der Waals surface area contributed by atoms with E-state index in [1.165, 1.54) is 19.2 Å². The Bertz CT molecular complexity index is 584. The largest absolute Gasteiger partial charge is 0.416 e. The summed E-state index contributed by atoms with van der Waals surface area (Å²) in [5.41, 5.74) is 5.21. The number of nitrogens with one attached hydrogen (secondary N) is 1. The van der Waals surface area contributed by atoms with Crippen molar-refractivity contribution in [3.8, 4) is 0 Å². The number of amides is 1. The first-order valence-corrected chi connectivity index (χ1v) is 8.48. The van der Waals surface area contributed by atoms with Gasteiger partial charge in [0, 0.05) is 19.1 Å². The second kappa shape index (κ2) is 8.19. The van der Waals surface area contributed by atoms with Crippen LogP contribution in [-0.2, 0) is 21.1 Å². The van der Waals surface area contributed by atoms with E-state index >= 15 is 0 Å². The van der Waals surface area contributed by atoms with E-state index in [4.69, 9.17) is 10.5 Å². The van der Waals surface area contributed by atoms with Crippen molar-refractivity contribution >= 4 is 5.91 Å². The van der Waals surface area contributed by atoms with Gasteiger partial charge in [-0.3, -0.25) is 4.79 Å². The topological polar surface area (TPSA) is 64.3 Å². The Hall–Kier alpha value is -1.60. The standard InChI is InChI=1S/C18H25F3N2O2/c1-25-11-15(22)16(24)23-12-17(8-3-2-4-9-17)13-6-5-7-14(10-13)18(19,20)21/h5-7,10,15H,2-4,8-9,11-12,22H2,1H3,(H,23,24). The zero-order valence-electron chi connectivity index (χ0n) is 14.4. The molecule has 0 saturated heterocycles. The van der Waals surface area contributed by atoms with Gasteiger partial charge in [-0.25, -0.2) is 0 Å². The molecule has 140 valence electrons. The molecular weight excluding hydrogens is 333 g/mol. The number of hydrogen-bond donors (Lipinski definition) is 2. The number of carbonyl (C=O) groups is 1. The molecular formula is C18H25F3N2O2. The Morgan fingerprint density at radius 3 is 2.60 bits per heavy atom. The van der Waals surface area contributed by atoms with E-state index in [0.29, 0.717) is 5.56 Å². The minimum atomic E-state index is -4.38. The Labute approximate surface area is 145 Å². The lowest BCUT2D eigenvalue weighted by atomic mass is 9.69. The van der Waals surface area contributed by atoms with Gasteiger partial charge in [0.05, 0.1) is 12.2 Å². The van der Waals surface area contributed by atoms with Crippen molar-refractivity contribution in [1.82, 2.24) is 5.32 Å². The van der Waals surface area contributed by atoms with Gasteiger partial charge in [-0.05, 0) is 24.5 Å². The van der Waals surface area contributed by atoms with Gasteiger partial charge in [0.2, 0.25) is 5.91 Å². The van der Waals surface area contributed by atoms with Crippen LogP contribution in [0.15, 0.2) is 24.3 Å². The molecule has 1 aromatic carbocycles. The van der Waals surface area contributed by atoms with E-state index in [-0.39, 0.29) is 19.1 Å². The zero-order chi connectivity index (χ0) is 18.5. The van der Waals surface area contributed by atoms with E-state index in [9.17, 15) is 18.0 Å². The van der Waals surface area contributed by atoms with Crippen molar-refractivity contribution < 1.29 is 22.7 Å². The number of benzene rings is 1. The molecule has 3 N–H and O–H groups in total. The number of halogens is 3. The maximum atomic E-state index is 13.1. The van der Waals surface area contributed by atoms with E-state index in [1.54, 1.807) is 6.07 Å². The van der Waals surface area contributed by atoms with Crippen LogP contribution in [0.2, 0.25) is 0 Å². The summed E-state index contributed by atoms with van der Waals surface area (Å²) in [5.74, 6) is -0.348. The molecule has 7 heteroatoms. The first-order chi connectivity index (χ1) is 11.8. The van der Waals surface area contributed by atoms with Crippen molar-refractivity contribution in [1.29, 1.82) is 0 Å². The van der Waals surface area contributed by atoms with Gasteiger partial charge >= 0.3 is 6.18 Å². The molecule has 1 aliphatic carbocycles. The van der Waals surface area contributed by atoms with Gasteiger partial charge in [0.25, 0.3) is 0 Å². The summed E-state index contributed by atoms with van der Waals surface area (Å²) in [6.07, 6.45) is 0.0163.